The molecule has 0 aliphatic carbocycles. The Labute approximate surface area is 180 Å². The highest BCUT2D eigenvalue weighted by Gasteiger charge is 2.19. The maximum atomic E-state index is 12.3. The van der Waals surface area contributed by atoms with Crippen LogP contribution >= 0.6 is 11.8 Å². The summed E-state index contributed by atoms with van der Waals surface area (Å²) in [6, 6.07) is 18.5. The number of carbonyl (C=O) groups is 1. The SMILES string of the molecule is CCCCNC(=O)C(C)Sc1nnc2c3ccccc3n(Cc3ccccc3)c2n1. The van der Waals surface area contributed by atoms with Crippen molar-refractivity contribution in [1.29, 1.82) is 0 Å². The van der Waals surface area contributed by atoms with E-state index in [0.717, 1.165) is 34.9 Å². The molecule has 0 saturated heterocycles. The predicted molar refractivity (Wildman–Crippen MR) is 122 cm³/mol. The summed E-state index contributed by atoms with van der Waals surface area (Å²) in [6.45, 7) is 5.37. The van der Waals surface area contributed by atoms with E-state index in [-0.39, 0.29) is 11.2 Å². The summed E-state index contributed by atoms with van der Waals surface area (Å²) in [5, 5.41) is 13.0. The van der Waals surface area contributed by atoms with E-state index in [9.17, 15) is 4.79 Å². The molecule has 154 valence electrons. The third-order valence-electron chi connectivity index (χ3n) is 5.02. The summed E-state index contributed by atoms with van der Waals surface area (Å²) < 4.78 is 2.17. The van der Waals surface area contributed by atoms with Crippen LogP contribution in [0, 0.1) is 0 Å². The molecule has 30 heavy (non-hydrogen) atoms. The van der Waals surface area contributed by atoms with E-state index in [1.54, 1.807) is 0 Å². The van der Waals surface area contributed by atoms with Crippen molar-refractivity contribution in [2.75, 3.05) is 6.54 Å². The van der Waals surface area contributed by atoms with Gasteiger partial charge in [0.1, 0.15) is 5.52 Å². The molecule has 0 radical (unpaired) electrons. The molecule has 4 rings (SSSR count). The van der Waals surface area contributed by atoms with Crippen LogP contribution in [0.2, 0.25) is 0 Å². The number of para-hydroxylation sites is 1. The Morgan fingerprint density at radius 1 is 1.10 bits per heavy atom. The summed E-state index contributed by atoms with van der Waals surface area (Å²) in [7, 11) is 0. The van der Waals surface area contributed by atoms with Gasteiger partial charge in [0, 0.05) is 18.5 Å². The molecule has 0 bridgehead atoms. The van der Waals surface area contributed by atoms with Gasteiger partial charge in [0.15, 0.2) is 5.65 Å². The molecule has 6 nitrogen and oxygen atoms in total. The third kappa shape index (κ3) is 4.31. The Morgan fingerprint density at radius 2 is 1.87 bits per heavy atom. The highest BCUT2D eigenvalue weighted by Crippen LogP contribution is 2.28. The van der Waals surface area contributed by atoms with Crippen molar-refractivity contribution in [1.82, 2.24) is 25.1 Å². The minimum atomic E-state index is -0.284. The van der Waals surface area contributed by atoms with Crippen LogP contribution in [0.5, 0.6) is 0 Å². The first kappa shape index (κ1) is 20.3. The summed E-state index contributed by atoms with van der Waals surface area (Å²) in [5.74, 6) is 0.00183. The van der Waals surface area contributed by atoms with Crippen LogP contribution < -0.4 is 5.32 Å². The van der Waals surface area contributed by atoms with Gasteiger partial charge in [-0.25, -0.2) is 4.98 Å². The van der Waals surface area contributed by atoms with E-state index in [1.165, 1.54) is 17.3 Å². The van der Waals surface area contributed by atoms with Crippen molar-refractivity contribution < 1.29 is 4.79 Å². The van der Waals surface area contributed by atoms with E-state index < -0.39 is 0 Å². The molecule has 1 unspecified atom stereocenters. The van der Waals surface area contributed by atoms with E-state index in [0.29, 0.717) is 18.2 Å². The van der Waals surface area contributed by atoms with E-state index >= 15 is 0 Å². The number of hydrogen-bond donors (Lipinski definition) is 1. The second kappa shape index (κ2) is 9.26. The lowest BCUT2D eigenvalue weighted by atomic mass is 10.2. The lowest BCUT2D eigenvalue weighted by molar-refractivity contribution is -0.120. The first-order chi connectivity index (χ1) is 14.7. The molecule has 0 saturated carbocycles. The van der Waals surface area contributed by atoms with Crippen LogP contribution in [0.4, 0.5) is 0 Å². The Balaban J connectivity index is 1.67. The van der Waals surface area contributed by atoms with Gasteiger partial charge in [-0.1, -0.05) is 73.6 Å². The minimum Gasteiger partial charge on any atom is -0.355 e. The number of aromatic nitrogens is 4. The molecule has 4 aromatic rings. The highest BCUT2D eigenvalue weighted by molar-refractivity contribution is 8.00. The third-order valence-corrected chi connectivity index (χ3v) is 5.97. The van der Waals surface area contributed by atoms with Crippen LogP contribution in [-0.2, 0) is 11.3 Å². The number of benzene rings is 2. The second-order valence-electron chi connectivity index (χ2n) is 7.26. The summed E-state index contributed by atoms with van der Waals surface area (Å²) >= 11 is 1.34. The maximum absolute atomic E-state index is 12.3. The lowest BCUT2D eigenvalue weighted by Gasteiger charge is -2.11. The largest absolute Gasteiger partial charge is 0.355 e. The zero-order valence-electron chi connectivity index (χ0n) is 17.2. The van der Waals surface area contributed by atoms with Crippen LogP contribution in [0.1, 0.15) is 32.3 Å². The van der Waals surface area contributed by atoms with Crippen molar-refractivity contribution in [2.45, 2.75) is 43.6 Å². The topological polar surface area (TPSA) is 72.7 Å². The standard InChI is InChI=1S/C23H25N5OS/c1-3-4-14-24-22(29)16(2)30-23-25-21-20(26-27-23)18-12-8-9-13-19(18)28(21)15-17-10-6-5-7-11-17/h5-13,16H,3-4,14-15H2,1-2H3,(H,24,29). The van der Waals surface area contributed by atoms with Crippen molar-refractivity contribution >= 4 is 39.7 Å². The zero-order chi connectivity index (χ0) is 20.9. The van der Waals surface area contributed by atoms with Crippen LogP contribution in [0.15, 0.2) is 59.8 Å². The molecule has 2 heterocycles. The summed E-state index contributed by atoms with van der Waals surface area (Å²) in [6.07, 6.45) is 2.03. The van der Waals surface area contributed by atoms with Gasteiger partial charge >= 0.3 is 0 Å². The molecule has 0 fully saturated rings. The fraction of sp³-hybridized carbons (Fsp3) is 0.304. The van der Waals surface area contributed by atoms with Gasteiger partial charge in [0.2, 0.25) is 11.1 Å². The van der Waals surface area contributed by atoms with Gasteiger partial charge in [-0.3, -0.25) is 4.79 Å². The van der Waals surface area contributed by atoms with Crippen LogP contribution in [0.25, 0.3) is 22.1 Å². The molecule has 0 aliphatic rings. The normalized spacial score (nSPS) is 12.3. The van der Waals surface area contributed by atoms with Crippen LogP contribution in [0.3, 0.4) is 0 Å². The number of carbonyl (C=O) groups excluding carboxylic acids is 1. The highest BCUT2D eigenvalue weighted by atomic mass is 32.2. The quantitative estimate of drug-likeness (QED) is 0.338. The monoisotopic (exact) mass is 419 g/mol. The molecular weight excluding hydrogens is 394 g/mol. The molecule has 1 N–H and O–H groups in total. The average molecular weight is 420 g/mol. The number of nitrogens with zero attached hydrogens (tertiary/aromatic N) is 4. The zero-order valence-corrected chi connectivity index (χ0v) is 18.0. The molecular formula is C23H25N5OS. The Morgan fingerprint density at radius 3 is 2.67 bits per heavy atom. The number of thioether (sulfide) groups is 1. The summed E-state index contributed by atoms with van der Waals surface area (Å²) in [5.41, 5.74) is 3.84. The van der Waals surface area contributed by atoms with Gasteiger partial charge in [-0.2, -0.15) is 0 Å². The lowest BCUT2D eigenvalue weighted by Crippen LogP contribution is -2.31. The van der Waals surface area contributed by atoms with Crippen molar-refractivity contribution in [2.24, 2.45) is 0 Å². The first-order valence-corrected chi connectivity index (χ1v) is 11.1. The van der Waals surface area contributed by atoms with Gasteiger partial charge in [-0.15, -0.1) is 10.2 Å². The molecule has 1 amide bonds. The minimum absolute atomic E-state index is 0.00183. The fourth-order valence-electron chi connectivity index (χ4n) is 3.41. The maximum Gasteiger partial charge on any atom is 0.233 e. The van der Waals surface area contributed by atoms with E-state index in [4.69, 9.17) is 4.98 Å². The molecule has 0 spiro atoms. The molecule has 2 aromatic carbocycles. The van der Waals surface area contributed by atoms with E-state index in [1.807, 2.05) is 43.3 Å². The van der Waals surface area contributed by atoms with Gasteiger partial charge in [-0.05, 0) is 25.0 Å². The smallest absolute Gasteiger partial charge is 0.233 e. The fourth-order valence-corrected chi connectivity index (χ4v) is 4.14. The Hall–Kier alpha value is -2.93. The van der Waals surface area contributed by atoms with Gasteiger partial charge < -0.3 is 9.88 Å². The van der Waals surface area contributed by atoms with Crippen LogP contribution in [-0.4, -0.2) is 37.5 Å². The summed E-state index contributed by atoms with van der Waals surface area (Å²) in [4.78, 5) is 17.1. The van der Waals surface area contributed by atoms with Gasteiger partial charge in [0.25, 0.3) is 0 Å². The molecule has 2 aromatic heterocycles. The number of unbranched alkanes of at least 4 members (excludes halogenated alkanes) is 1. The van der Waals surface area contributed by atoms with Gasteiger partial charge in [0.05, 0.1) is 10.8 Å². The first-order valence-electron chi connectivity index (χ1n) is 10.3. The Kier molecular flexibility index (Phi) is 6.28. The number of fused-ring (bicyclic) bond motifs is 3. The number of amides is 1. The van der Waals surface area contributed by atoms with Crippen molar-refractivity contribution in [3.63, 3.8) is 0 Å². The predicted octanol–water partition coefficient (Wildman–Crippen LogP) is 4.42. The molecule has 7 heteroatoms. The number of hydrogen-bond acceptors (Lipinski definition) is 5. The Bertz CT molecular complexity index is 1160. The van der Waals surface area contributed by atoms with Crippen molar-refractivity contribution in [3.05, 3.63) is 60.2 Å². The van der Waals surface area contributed by atoms with Crippen molar-refractivity contribution in [3.8, 4) is 0 Å². The molecule has 0 aliphatic heterocycles. The number of nitrogens with one attached hydrogen (secondary N) is 1. The van der Waals surface area contributed by atoms with E-state index in [2.05, 4.69) is 45.2 Å². The average Bonchev–Trinajstić information content (AvgIpc) is 3.08. The second-order valence-corrected chi connectivity index (χ2v) is 8.57. The molecule has 1 atom stereocenters. The number of rotatable bonds is 8.